The van der Waals surface area contributed by atoms with Crippen LogP contribution in [-0.2, 0) is 10.2 Å². The van der Waals surface area contributed by atoms with Gasteiger partial charge in [-0.3, -0.25) is 4.79 Å². The molecule has 0 amide bonds. The van der Waals surface area contributed by atoms with Gasteiger partial charge in [-0.25, -0.2) is 0 Å². The van der Waals surface area contributed by atoms with Crippen LogP contribution in [0.2, 0.25) is 0 Å². The van der Waals surface area contributed by atoms with Gasteiger partial charge in [-0.15, -0.1) is 0 Å². The lowest BCUT2D eigenvalue weighted by Gasteiger charge is -2.21. The van der Waals surface area contributed by atoms with Gasteiger partial charge >= 0.3 is 0 Å². The fourth-order valence-corrected chi connectivity index (χ4v) is 2.07. The third-order valence-electron chi connectivity index (χ3n) is 3.02. The fraction of sp³-hybridized carbons (Fsp3) is 0.308. The predicted molar refractivity (Wildman–Crippen MR) is 58.1 cm³/mol. The monoisotopic (exact) mass is 186 g/mol. The zero-order chi connectivity index (χ0) is 10.2. The normalized spacial score (nSPS) is 23.6. The van der Waals surface area contributed by atoms with Gasteiger partial charge in [0, 0.05) is 6.42 Å². The molecule has 2 rings (SSSR count). The molecule has 0 radical (unpaired) electrons. The van der Waals surface area contributed by atoms with Crippen molar-refractivity contribution in [2.75, 3.05) is 0 Å². The van der Waals surface area contributed by atoms with Gasteiger partial charge in [-0.05, 0) is 18.1 Å². The van der Waals surface area contributed by atoms with E-state index in [1.165, 1.54) is 5.56 Å². The van der Waals surface area contributed by atoms with E-state index < -0.39 is 0 Å². The lowest BCUT2D eigenvalue weighted by atomic mass is 9.80. The van der Waals surface area contributed by atoms with Crippen LogP contribution in [0, 0.1) is 0 Å². The van der Waals surface area contributed by atoms with Crippen LogP contribution < -0.4 is 0 Å². The minimum Gasteiger partial charge on any atom is -0.298 e. The standard InChI is InChI=1S/C13H14O/c1-3-12(14)13(2)9-8-10-6-4-5-7-11(10)13/h4-9H,3H2,1-2H3/t13-/m1/s1. The summed E-state index contributed by atoms with van der Waals surface area (Å²) in [4.78, 5) is 11.8. The van der Waals surface area contributed by atoms with E-state index in [2.05, 4.69) is 6.07 Å². The summed E-state index contributed by atoms with van der Waals surface area (Å²) in [5.41, 5.74) is 1.94. The van der Waals surface area contributed by atoms with Crippen LogP contribution in [0.25, 0.3) is 6.08 Å². The Hall–Kier alpha value is -1.37. The van der Waals surface area contributed by atoms with Crippen molar-refractivity contribution in [3.05, 3.63) is 41.5 Å². The summed E-state index contributed by atoms with van der Waals surface area (Å²) in [5.74, 6) is 0.290. The molecule has 1 aliphatic carbocycles. The number of hydrogen-bond donors (Lipinski definition) is 0. The van der Waals surface area contributed by atoms with Crippen molar-refractivity contribution in [2.45, 2.75) is 25.7 Å². The molecule has 72 valence electrons. The number of benzene rings is 1. The number of Topliss-reactive ketones (excluding diaryl/α,β-unsaturated/α-hetero) is 1. The van der Waals surface area contributed by atoms with Crippen molar-refractivity contribution in [3.8, 4) is 0 Å². The summed E-state index contributed by atoms with van der Waals surface area (Å²) < 4.78 is 0. The average Bonchev–Trinajstić information content (AvgIpc) is 2.58. The fourth-order valence-electron chi connectivity index (χ4n) is 2.07. The minimum atomic E-state index is -0.384. The highest BCUT2D eigenvalue weighted by Gasteiger charge is 2.35. The summed E-state index contributed by atoms with van der Waals surface area (Å²) >= 11 is 0. The summed E-state index contributed by atoms with van der Waals surface area (Å²) in [6.07, 6.45) is 4.65. The number of hydrogen-bond acceptors (Lipinski definition) is 1. The first kappa shape index (κ1) is 9.20. The molecule has 0 aromatic heterocycles. The lowest BCUT2D eigenvalue weighted by molar-refractivity contribution is -0.122. The summed E-state index contributed by atoms with van der Waals surface area (Å²) in [6, 6.07) is 8.10. The van der Waals surface area contributed by atoms with Gasteiger partial charge in [0.1, 0.15) is 5.78 Å². The van der Waals surface area contributed by atoms with Crippen LogP contribution >= 0.6 is 0 Å². The second-order valence-corrected chi connectivity index (χ2v) is 3.90. The molecule has 1 heteroatoms. The van der Waals surface area contributed by atoms with Gasteiger partial charge in [0.15, 0.2) is 0 Å². The number of fused-ring (bicyclic) bond motifs is 1. The zero-order valence-corrected chi connectivity index (χ0v) is 8.58. The minimum absolute atomic E-state index is 0.290. The highest BCUT2D eigenvalue weighted by atomic mass is 16.1. The number of ketones is 1. The van der Waals surface area contributed by atoms with Crippen molar-refractivity contribution in [1.82, 2.24) is 0 Å². The van der Waals surface area contributed by atoms with Crippen LogP contribution in [0.3, 0.4) is 0 Å². The van der Waals surface area contributed by atoms with E-state index in [0.29, 0.717) is 12.2 Å². The molecule has 0 unspecified atom stereocenters. The molecule has 1 aliphatic rings. The van der Waals surface area contributed by atoms with Gasteiger partial charge < -0.3 is 0 Å². The van der Waals surface area contributed by atoms with E-state index in [4.69, 9.17) is 0 Å². The smallest absolute Gasteiger partial charge is 0.146 e. The SMILES string of the molecule is CCC(=O)[C@]1(C)C=Cc2ccccc21. The van der Waals surface area contributed by atoms with E-state index in [1.807, 2.05) is 44.2 Å². The predicted octanol–water partition coefficient (Wildman–Crippen LogP) is 2.95. The van der Waals surface area contributed by atoms with Crippen LogP contribution in [0.15, 0.2) is 30.3 Å². The molecule has 0 fully saturated rings. The Bertz CT molecular complexity index is 403. The van der Waals surface area contributed by atoms with Gasteiger partial charge in [0.25, 0.3) is 0 Å². The second-order valence-electron chi connectivity index (χ2n) is 3.90. The van der Waals surface area contributed by atoms with Crippen molar-refractivity contribution >= 4 is 11.9 Å². The highest BCUT2D eigenvalue weighted by molar-refractivity contribution is 5.95. The molecular weight excluding hydrogens is 172 g/mol. The number of carbonyl (C=O) groups excluding carboxylic acids is 1. The van der Waals surface area contributed by atoms with Crippen LogP contribution in [0.5, 0.6) is 0 Å². The molecule has 0 N–H and O–H groups in total. The Kier molecular flexibility index (Phi) is 2.03. The van der Waals surface area contributed by atoms with Crippen molar-refractivity contribution in [3.63, 3.8) is 0 Å². The summed E-state index contributed by atoms with van der Waals surface area (Å²) in [6.45, 7) is 3.92. The third kappa shape index (κ3) is 1.12. The lowest BCUT2D eigenvalue weighted by Crippen LogP contribution is -2.28. The molecule has 14 heavy (non-hydrogen) atoms. The molecule has 0 bridgehead atoms. The first-order valence-corrected chi connectivity index (χ1v) is 5.00. The van der Waals surface area contributed by atoms with Crippen LogP contribution in [0.4, 0.5) is 0 Å². The van der Waals surface area contributed by atoms with Gasteiger partial charge in [-0.1, -0.05) is 43.3 Å². The Morgan fingerprint density at radius 1 is 1.36 bits per heavy atom. The number of allylic oxidation sites excluding steroid dienone is 1. The topological polar surface area (TPSA) is 17.1 Å². The molecule has 1 nitrogen and oxygen atoms in total. The third-order valence-corrected chi connectivity index (χ3v) is 3.02. The van der Waals surface area contributed by atoms with Gasteiger partial charge in [-0.2, -0.15) is 0 Å². The second kappa shape index (κ2) is 3.09. The van der Waals surface area contributed by atoms with Gasteiger partial charge in [0.05, 0.1) is 5.41 Å². The molecule has 0 saturated heterocycles. The van der Waals surface area contributed by atoms with E-state index in [-0.39, 0.29) is 5.41 Å². The van der Waals surface area contributed by atoms with Crippen molar-refractivity contribution < 1.29 is 4.79 Å². The van der Waals surface area contributed by atoms with Crippen LogP contribution in [0.1, 0.15) is 31.4 Å². The Balaban J connectivity index is 2.52. The quantitative estimate of drug-likeness (QED) is 0.694. The van der Waals surface area contributed by atoms with Crippen molar-refractivity contribution in [2.24, 2.45) is 0 Å². The molecule has 1 aromatic carbocycles. The maximum Gasteiger partial charge on any atom is 0.146 e. The average molecular weight is 186 g/mol. The maximum absolute atomic E-state index is 11.8. The zero-order valence-electron chi connectivity index (χ0n) is 8.58. The van der Waals surface area contributed by atoms with Crippen molar-refractivity contribution in [1.29, 1.82) is 0 Å². The molecule has 1 aromatic rings. The largest absolute Gasteiger partial charge is 0.298 e. The van der Waals surface area contributed by atoms with E-state index in [9.17, 15) is 4.79 Å². The maximum atomic E-state index is 11.8. The van der Waals surface area contributed by atoms with E-state index in [1.54, 1.807) is 0 Å². The Morgan fingerprint density at radius 2 is 2.07 bits per heavy atom. The van der Waals surface area contributed by atoms with Gasteiger partial charge in [0.2, 0.25) is 0 Å². The number of carbonyl (C=O) groups is 1. The summed E-state index contributed by atoms with van der Waals surface area (Å²) in [7, 11) is 0. The highest BCUT2D eigenvalue weighted by Crippen LogP contribution is 2.36. The molecule has 0 saturated carbocycles. The first-order chi connectivity index (χ1) is 6.68. The molecule has 0 spiro atoms. The Morgan fingerprint density at radius 3 is 2.79 bits per heavy atom. The molecule has 0 aliphatic heterocycles. The first-order valence-electron chi connectivity index (χ1n) is 5.00. The molecular formula is C13H14O. The number of rotatable bonds is 2. The van der Waals surface area contributed by atoms with E-state index >= 15 is 0 Å². The summed E-state index contributed by atoms with van der Waals surface area (Å²) in [5, 5.41) is 0. The molecule has 0 heterocycles. The Labute approximate surface area is 84.5 Å². The van der Waals surface area contributed by atoms with Crippen LogP contribution in [-0.4, -0.2) is 5.78 Å². The molecule has 1 atom stereocenters. The van der Waals surface area contributed by atoms with E-state index in [0.717, 1.165) is 5.56 Å².